The van der Waals surface area contributed by atoms with Crippen LogP contribution in [0.25, 0.3) is 20.4 Å². The highest BCUT2D eigenvalue weighted by Gasteiger charge is 2.27. The van der Waals surface area contributed by atoms with Crippen LogP contribution in [0.5, 0.6) is 0 Å². The molecular formula is C49H42N4O6S2. The Labute approximate surface area is 359 Å². The highest BCUT2D eigenvalue weighted by atomic mass is 32.1. The number of nitrogens with zero attached hydrogens (tertiary/aromatic N) is 4. The largest absolute Gasteiger partial charge is 0.478 e. The molecule has 0 amide bonds. The molecular weight excluding hydrogens is 805 g/mol. The summed E-state index contributed by atoms with van der Waals surface area (Å²) in [5, 5.41) is 9.64. The summed E-state index contributed by atoms with van der Waals surface area (Å²) in [6.45, 7) is 1.09. The van der Waals surface area contributed by atoms with E-state index >= 15 is 0 Å². The second-order valence-electron chi connectivity index (χ2n) is 15.7. The third-order valence-electron chi connectivity index (χ3n) is 11.3. The number of hydrogen-bond acceptors (Lipinski definition) is 9. The molecule has 4 heterocycles. The first-order valence-corrected chi connectivity index (χ1v) is 22.0. The Balaban J connectivity index is 0.000000156. The summed E-state index contributed by atoms with van der Waals surface area (Å²) in [7, 11) is 1.40. The van der Waals surface area contributed by atoms with E-state index < -0.39 is 5.97 Å². The van der Waals surface area contributed by atoms with E-state index in [-0.39, 0.29) is 21.3 Å². The van der Waals surface area contributed by atoms with E-state index in [1.54, 1.807) is 10.6 Å². The molecule has 0 unspecified atom stereocenters. The highest BCUT2D eigenvalue weighted by Crippen LogP contribution is 2.41. The van der Waals surface area contributed by atoms with Gasteiger partial charge < -0.3 is 9.84 Å². The molecule has 0 spiro atoms. The standard InChI is InChI=1S/C25H22N2O3S.C24H20N2O3S/c1-30-24(28)20-13-19(18-8-9-18)14-26-21(20)11-17-7-10-22-23(12-17)31-25(29)27(22)15-16-5-3-2-4-6-16;27-23(28)19-12-18(17-7-8-17)13-25-20(19)10-16-6-9-21-22(11-16)30-24(29)26(21)14-15-4-2-1-3-5-15/h2-7,10,12-14,18H,8-9,11,15H2,1H3;1-6,9,11-13,17H,7-8,10,14H2,(H,27,28). The first kappa shape index (κ1) is 39.9. The Morgan fingerprint density at radius 3 is 1.49 bits per heavy atom. The number of esters is 1. The number of aromatic nitrogens is 4. The number of fused-ring (bicyclic) bond motifs is 2. The average Bonchev–Trinajstić information content (AvgIpc) is 4.22. The Bertz CT molecular complexity index is 3040. The van der Waals surface area contributed by atoms with Gasteiger partial charge in [-0.3, -0.25) is 28.7 Å². The number of carboxylic acids is 1. The van der Waals surface area contributed by atoms with Crippen LogP contribution in [0.2, 0.25) is 0 Å². The topological polar surface area (TPSA) is 133 Å². The third-order valence-corrected chi connectivity index (χ3v) is 13.2. The first-order chi connectivity index (χ1) is 29.7. The molecule has 306 valence electrons. The van der Waals surface area contributed by atoms with Crippen molar-refractivity contribution in [1.29, 1.82) is 0 Å². The lowest BCUT2D eigenvalue weighted by Crippen LogP contribution is -2.13. The molecule has 2 aliphatic carbocycles. The minimum atomic E-state index is -0.945. The van der Waals surface area contributed by atoms with Crippen molar-refractivity contribution in [3.8, 4) is 0 Å². The number of benzene rings is 4. The fourth-order valence-corrected chi connectivity index (χ4v) is 9.62. The number of methoxy groups -OCH3 is 1. The summed E-state index contributed by atoms with van der Waals surface area (Å²) >= 11 is 2.47. The number of carbonyl (C=O) groups is 2. The maximum absolute atomic E-state index is 12.6. The van der Waals surface area contributed by atoms with Gasteiger partial charge in [-0.1, -0.05) is 95.5 Å². The van der Waals surface area contributed by atoms with Crippen LogP contribution in [0.4, 0.5) is 0 Å². The molecule has 1 N–H and O–H groups in total. The van der Waals surface area contributed by atoms with Gasteiger partial charge in [-0.25, -0.2) is 9.59 Å². The van der Waals surface area contributed by atoms with Crippen molar-refractivity contribution in [3.63, 3.8) is 0 Å². The minimum absolute atomic E-state index is 0.00383. The predicted molar refractivity (Wildman–Crippen MR) is 240 cm³/mol. The Morgan fingerprint density at radius 1 is 0.623 bits per heavy atom. The molecule has 0 bridgehead atoms. The molecule has 10 nitrogen and oxygen atoms in total. The molecule has 0 aliphatic heterocycles. The zero-order chi connectivity index (χ0) is 42.0. The first-order valence-electron chi connectivity index (χ1n) is 20.3. The second kappa shape index (κ2) is 17.2. The lowest BCUT2D eigenvalue weighted by Gasteiger charge is -2.10. The van der Waals surface area contributed by atoms with Crippen molar-refractivity contribution >= 4 is 55.0 Å². The second-order valence-corrected chi connectivity index (χ2v) is 17.7. The molecule has 2 fully saturated rings. The number of thiazole rings is 2. The van der Waals surface area contributed by atoms with Crippen LogP contribution >= 0.6 is 22.7 Å². The van der Waals surface area contributed by atoms with Gasteiger partial charge in [0, 0.05) is 25.2 Å². The number of pyridine rings is 2. The van der Waals surface area contributed by atoms with Crippen molar-refractivity contribution in [3.05, 3.63) is 197 Å². The maximum Gasteiger partial charge on any atom is 0.339 e. The van der Waals surface area contributed by atoms with E-state index in [1.165, 1.54) is 29.8 Å². The summed E-state index contributed by atoms with van der Waals surface area (Å²) in [5.74, 6) is -0.324. The van der Waals surface area contributed by atoms with E-state index in [2.05, 4.69) is 9.97 Å². The lowest BCUT2D eigenvalue weighted by atomic mass is 10.0. The van der Waals surface area contributed by atoms with Crippen molar-refractivity contribution in [1.82, 2.24) is 19.1 Å². The number of ether oxygens (including phenoxy) is 1. The van der Waals surface area contributed by atoms with Gasteiger partial charge in [0.25, 0.3) is 0 Å². The van der Waals surface area contributed by atoms with Crippen LogP contribution in [0.15, 0.2) is 131 Å². The molecule has 4 aromatic heterocycles. The van der Waals surface area contributed by atoms with Gasteiger partial charge in [-0.15, -0.1) is 0 Å². The molecule has 61 heavy (non-hydrogen) atoms. The number of aromatic carboxylic acids is 1. The molecule has 10 rings (SSSR count). The lowest BCUT2D eigenvalue weighted by molar-refractivity contribution is 0.0598. The summed E-state index contributed by atoms with van der Waals surface area (Å²) in [5.41, 5.74) is 10.1. The number of hydrogen-bond donors (Lipinski definition) is 1. The van der Waals surface area contributed by atoms with E-state index in [0.29, 0.717) is 54.7 Å². The Hall–Kier alpha value is -6.50. The molecule has 8 aromatic rings. The van der Waals surface area contributed by atoms with Crippen LogP contribution < -0.4 is 9.75 Å². The van der Waals surface area contributed by atoms with Gasteiger partial charge in [0.1, 0.15) is 0 Å². The number of rotatable bonds is 12. The Morgan fingerprint density at radius 2 is 1.07 bits per heavy atom. The maximum atomic E-state index is 12.6. The van der Waals surface area contributed by atoms with Crippen molar-refractivity contribution in [2.24, 2.45) is 0 Å². The van der Waals surface area contributed by atoms with Gasteiger partial charge in [-0.2, -0.15) is 0 Å². The van der Waals surface area contributed by atoms with Gasteiger partial charge >= 0.3 is 21.7 Å². The molecule has 2 saturated carbocycles. The summed E-state index contributed by atoms with van der Waals surface area (Å²) in [6, 6.07) is 35.5. The average molecular weight is 847 g/mol. The zero-order valence-corrected chi connectivity index (χ0v) is 35.1. The van der Waals surface area contributed by atoms with E-state index in [9.17, 15) is 24.3 Å². The van der Waals surface area contributed by atoms with Crippen molar-refractivity contribution in [2.45, 2.75) is 63.5 Å². The summed E-state index contributed by atoms with van der Waals surface area (Å²) in [4.78, 5) is 58.4. The van der Waals surface area contributed by atoms with Crippen LogP contribution in [0.1, 0.15) is 103 Å². The van der Waals surface area contributed by atoms with E-state index in [0.717, 1.165) is 79.5 Å². The monoisotopic (exact) mass is 846 g/mol. The van der Waals surface area contributed by atoms with Crippen LogP contribution in [-0.4, -0.2) is 43.3 Å². The smallest absolute Gasteiger partial charge is 0.339 e. The molecule has 12 heteroatoms. The van der Waals surface area contributed by atoms with E-state index in [4.69, 9.17) is 4.74 Å². The van der Waals surface area contributed by atoms with Gasteiger partial charge in [-0.05, 0) is 107 Å². The quantitative estimate of drug-likeness (QED) is 0.120. The van der Waals surface area contributed by atoms with Gasteiger partial charge in [0.15, 0.2) is 0 Å². The van der Waals surface area contributed by atoms with Crippen molar-refractivity contribution in [2.75, 3.05) is 7.11 Å². The van der Waals surface area contributed by atoms with Gasteiger partial charge in [0.2, 0.25) is 0 Å². The summed E-state index contributed by atoms with van der Waals surface area (Å²) < 4.78 is 10.4. The summed E-state index contributed by atoms with van der Waals surface area (Å²) in [6.07, 6.45) is 9.14. The highest BCUT2D eigenvalue weighted by molar-refractivity contribution is 7.16. The molecule has 0 saturated heterocycles. The van der Waals surface area contributed by atoms with Gasteiger partial charge in [0.05, 0.1) is 63.1 Å². The fraction of sp³-hybridized carbons (Fsp3) is 0.224. The fourth-order valence-electron chi connectivity index (χ4n) is 7.71. The molecule has 0 radical (unpaired) electrons. The predicted octanol–water partition coefficient (Wildman–Crippen LogP) is 9.43. The van der Waals surface area contributed by atoms with Crippen molar-refractivity contribution < 1.29 is 19.4 Å². The van der Waals surface area contributed by atoms with Crippen LogP contribution in [0, 0.1) is 0 Å². The molecule has 2 aliphatic rings. The minimum Gasteiger partial charge on any atom is -0.478 e. The van der Waals surface area contributed by atoms with Crippen LogP contribution in [0.3, 0.4) is 0 Å². The SMILES string of the molecule is COC(=O)c1cc(C2CC2)cnc1Cc1ccc2c(c1)sc(=O)n2Cc1ccccc1.O=C(O)c1cc(C2CC2)cnc1Cc1ccc2c(c1)sc(=O)n2Cc1ccccc1. The molecule has 0 atom stereocenters. The zero-order valence-electron chi connectivity index (χ0n) is 33.5. The molecule has 4 aromatic carbocycles. The van der Waals surface area contributed by atoms with Crippen LogP contribution in [-0.2, 0) is 30.7 Å². The normalized spacial score (nSPS) is 13.5. The van der Waals surface area contributed by atoms with E-state index in [1.807, 2.05) is 120 Å². The number of carbonyl (C=O) groups excluding carboxylic acids is 1. The third kappa shape index (κ3) is 9.01. The number of carboxylic acid groups (broad SMARTS) is 1. The Kier molecular flexibility index (Phi) is 11.3.